The first-order chi connectivity index (χ1) is 14.7. The summed E-state index contributed by atoms with van der Waals surface area (Å²) in [5.41, 5.74) is 1.97. The van der Waals surface area contributed by atoms with Gasteiger partial charge in [0.05, 0.1) is 24.1 Å². The number of hydrogen-bond acceptors (Lipinski definition) is 3. The number of fused-ring (bicyclic) bond motifs is 1. The molecule has 2 heterocycles. The molecule has 0 saturated heterocycles. The van der Waals surface area contributed by atoms with Crippen LogP contribution in [0.25, 0.3) is 22.4 Å². The molecule has 0 aliphatic heterocycles. The van der Waals surface area contributed by atoms with E-state index in [4.69, 9.17) is 0 Å². The Hall–Kier alpha value is -4.19. The molecule has 146 valence electrons. The highest BCUT2D eigenvalue weighted by Crippen LogP contribution is 2.17. The van der Waals surface area contributed by atoms with Gasteiger partial charge in [0.25, 0.3) is 5.56 Å². The van der Waals surface area contributed by atoms with Gasteiger partial charge in [0.2, 0.25) is 0 Å². The lowest BCUT2D eigenvalue weighted by atomic mass is 10.2. The zero-order chi connectivity index (χ0) is 20.5. The fourth-order valence-corrected chi connectivity index (χ4v) is 3.64. The van der Waals surface area contributed by atoms with Gasteiger partial charge in [-0.3, -0.25) is 9.36 Å². The highest BCUT2D eigenvalue weighted by Gasteiger charge is 2.19. The van der Waals surface area contributed by atoms with Crippen LogP contribution >= 0.6 is 0 Å². The van der Waals surface area contributed by atoms with E-state index in [-0.39, 0.29) is 5.56 Å². The topological polar surface area (TPSA) is 61.8 Å². The van der Waals surface area contributed by atoms with Crippen LogP contribution in [0.15, 0.2) is 107 Å². The fourth-order valence-electron chi connectivity index (χ4n) is 3.64. The van der Waals surface area contributed by atoms with Crippen molar-refractivity contribution in [2.45, 2.75) is 6.54 Å². The van der Waals surface area contributed by atoms with Crippen molar-refractivity contribution in [1.29, 1.82) is 0 Å². The summed E-state index contributed by atoms with van der Waals surface area (Å²) in [4.78, 5) is 26.9. The van der Waals surface area contributed by atoms with Crippen molar-refractivity contribution < 1.29 is 0 Å². The van der Waals surface area contributed by atoms with Crippen LogP contribution in [0, 0.1) is 0 Å². The van der Waals surface area contributed by atoms with Crippen LogP contribution in [0.4, 0.5) is 0 Å². The lowest BCUT2D eigenvalue weighted by Gasteiger charge is -2.14. The Morgan fingerprint density at radius 3 is 1.90 bits per heavy atom. The minimum atomic E-state index is -0.403. The molecule has 0 aliphatic rings. The van der Waals surface area contributed by atoms with Crippen molar-refractivity contribution in [3.63, 3.8) is 0 Å². The summed E-state index contributed by atoms with van der Waals surface area (Å²) in [6.07, 6.45) is 1.53. The molecule has 0 spiro atoms. The van der Waals surface area contributed by atoms with Crippen LogP contribution < -0.4 is 11.2 Å². The van der Waals surface area contributed by atoms with Crippen LogP contribution in [-0.2, 0) is 6.54 Å². The zero-order valence-corrected chi connectivity index (χ0v) is 16.1. The number of rotatable bonds is 4. The molecule has 0 unspecified atom stereocenters. The maximum atomic E-state index is 13.6. The van der Waals surface area contributed by atoms with Gasteiger partial charge in [0.15, 0.2) is 5.65 Å². The van der Waals surface area contributed by atoms with E-state index in [9.17, 15) is 9.59 Å². The second-order valence-electron chi connectivity index (χ2n) is 6.96. The summed E-state index contributed by atoms with van der Waals surface area (Å²) in [7, 11) is 0. The fraction of sp³-hybridized carbons (Fsp3) is 0.0417. The van der Waals surface area contributed by atoms with Gasteiger partial charge >= 0.3 is 5.69 Å². The van der Waals surface area contributed by atoms with E-state index in [0.717, 1.165) is 11.3 Å². The lowest BCUT2D eigenvalue weighted by Crippen LogP contribution is -2.39. The molecular weight excluding hydrogens is 376 g/mol. The van der Waals surface area contributed by atoms with E-state index in [2.05, 4.69) is 5.10 Å². The van der Waals surface area contributed by atoms with E-state index in [1.165, 1.54) is 10.8 Å². The first-order valence-electron chi connectivity index (χ1n) is 9.62. The molecule has 2 aromatic heterocycles. The second kappa shape index (κ2) is 7.33. The Labute approximate surface area is 171 Å². The molecule has 6 nitrogen and oxygen atoms in total. The second-order valence-corrected chi connectivity index (χ2v) is 6.96. The van der Waals surface area contributed by atoms with E-state index >= 15 is 0 Å². The van der Waals surface area contributed by atoms with Gasteiger partial charge < -0.3 is 0 Å². The van der Waals surface area contributed by atoms with Crippen LogP contribution in [-0.4, -0.2) is 18.9 Å². The van der Waals surface area contributed by atoms with Crippen LogP contribution in [0.2, 0.25) is 0 Å². The van der Waals surface area contributed by atoms with Crippen molar-refractivity contribution in [2.24, 2.45) is 0 Å². The lowest BCUT2D eigenvalue weighted by molar-refractivity contribution is 0.693. The predicted molar refractivity (Wildman–Crippen MR) is 116 cm³/mol. The number of para-hydroxylation sites is 2. The van der Waals surface area contributed by atoms with Crippen LogP contribution in [0.1, 0.15) is 5.56 Å². The van der Waals surface area contributed by atoms with E-state index in [1.54, 1.807) is 33.5 Å². The van der Waals surface area contributed by atoms with Crippen molar-refractivity contribution in [3.05, 3.63) is 124 Å². The number of aromatic nitrogens is 4. The quantitative estimate of drug-likeness (QED) is 0.469. The molecule has 30 heavy (non-hydrogen) atoms. The molecule has 0 atom stereocenters. The summed E-state index contributed by atoms with van der Waals surface area (Å²) < 4.78 is 4.47. The Morgan fingerprint density at radius 1 is 0.700 bits per heavy atom. The SMILES string of the molecule is O=c1c2cnn(-c3ccccc3)c2n(Cc2ccccc2)c(=O)n1-c1ccccc1. The third-order valence-electron chi connectivity index (χ3n) is 5.05. The standard InChI is InChI=1S/C24H18N4O2/c29-23-21-16-25-28(20-14-8-3-9-15-20)22(21)26(17-18-10-4-1-5-11-18)24(30)27(23)19-12-6-2-7-13-19/h1-16H,17H2. The zero-order valence-electron chi connectivity index (χ0n) is 16.1. The van der Waals surface area contributed by atoms with Gasteiger partial charge in [-0.2, -0.15) is 5.10 Å². The minimum absolute atomic E-state index is 0.321. The number of benzene rings is 3. The smallest absolute Gasteiger partial charge is 0.272 e. The monoisotopic (exact) mass is 394 g/mol. The molecule has 0 bridgehead atoms. The number of hydrogen-bond donors (Lipinski definition) is 0. The average molecular weight is 394 g/mol. The first-order valence-corrected chi connectivity index (χ1v) is 9.62. The molecule has 0 aliphatic carbocycles. The number of nitrogens with zero attached hydrogens (tertiary/aromatic N) is 4. The van der Waals surface area contributed by atoms with Crippen molar-refractivity contribution in [2.75, 3.05) is 0 Å². The Bertz CT molecular complexity index is 1430. The van der Waals surface area contributed by atoms with E-state index < -0.39 is 5.69 Å². The summed E-state index contributed by atoms with van der Waals surface area (Å²) >= 11 is 0. The Kier molecular flexibility index (Phi) is 4.37. The van der Waals surface area contributed by atoms with Crippen LogP contribution in [0.3, 0.4) is 0 Å². The molecular formula is C24H18N4O2. The average Bonchev–Trinajstić information content (AvgIpc) is 3.24. The third kappa shape index (κ3) is 2.95. The minimum Gasteiger partial charge on any atom is -0.272 e. The summed E-state index contributed by atoms with van der Waals surface area (Å²) in [6.45, 7) is 0.321. The highest BCUT2D eigenvalue weighted by atomic mass is 16.2. The van der Waals surface area contributed by atoms with Crippen LogP contribution in [0.5, 0.6) is 0 Å². The first kappa shape index (κ1) is 17.9. The van der Waals surface area contributed by atoms with Gasteiger partial charge in [-0.05, 0) is 29.8 Å². The largest absolute Gasteiger partial charge is 0.337 e. The molecule has 0 saturated carbocycles. The summed E-state index contributed by atoms with van der Waals surface area (Å²) in [5.74, 6) is 0. The normalized spacial score (nSPS) is 11.1. The van der Waals surface area contributed by atoms with Gasteiger partial charge in [0, 0.05) is 0 Å². The van der Waals surface area contributed by atoms with Crippen molar-refractivity contribution >= 4 is 11.0 Å². The Balaban J connectivity index is 1.86. The molecule has 0 N–H and O–H groups in total. The van der Waals surface area contributed by atoms with Gasteiger partial charge in [-0.15, -0.1) is 0 Å². The highest BCUT2D eigenvalue weighted by molar-refractivity contribution is 5.76. The molecule has 0 fully saturated rings. The van der Waals surface area contributed by atoms with Gasteiger partial charge in [-0.25, -0.2) is 14.0 Å². The molecule has 6 heteroatoms. The Morgan fingerprint density at radius 2 is 1.27 bits per heavy atom. The van der Waals surface area contributed by atoms with Crippen molar-refractivity contribution in [1.82, 2.24) is 18.9 Å². The molecule has 0 radical (unpaired) electrons. The predicted octanol–water partition coefficient (Wildman–Crippen LogP) is 3.39. The van der Waals surface area contributed by atoms with Gasteiger partial charge in [-0.1, -0.05) is 66.7 Å². The maximum Gasteiger partial charge on any atom is 0.337 e. The molecule has 5 aromatic rings. The van der Waals surface area contributed by atoms with E-state index in [1.807, 2.05) is 66.7 Å². The van der Waals surface area contributed by atoms with Gasteiger partial charge in [0.1, 0.15) is 5.39 Å². The molecule has 0 amide bonds. The summed E-state index contributed by atoms with van der Waals surface area (Å²) in [5, 5.41) is 4.84. The summed E-state index contributed by atoms with van der Waals surface area (Å²) in [6, 6.07) is 28.2. The molecule has 3 aromatic carbocycles. The maximum absolute atomic E-state index is 13.6. The van der Waals surface area contributed by atoms with Crippen molar-refractivity contribution in [3.8, 4) is 11.4 Å². The van der Waals surface area contributed by atoms with E-state index in [0.29, 0.717) is 23.3 Å². The molecule has 5 rings (SSSR count). The third-order valence-corrected chi connectivity index (χ3v) is 5.05.